The minimum absolute atomic E-state index is 0.0599. The molecule has 148 valence electrons. The molecule has 0 saturated carbocycles. The molecule has 0 spiro atoms. The van der Waals surface area contributed by atoms with Gasteiger partial charge in [-0.25, -0.2) is 4.98 Å². The number of carbonyl (C=O) groups is 1. The summed E-state index contributed by atoms with van der Waals surface area (Å²) in [5, 5.41) is 4.17. The van der Waals surface area contributed by atoms with Crippen LogP contribution in [0.5, 0.6) is 0 Å². The van der Waals surface area contributed by atoms with Crippen molar-refractivity contribution in [2.45, 2.75) is 31.3 Å². The lowest BCUT2D eigenvalue weighted by molar-refractivity contribution is -0.116. The molecular formula is C23H22ClN3OS. The molecule has 1 amide bonds. The third kappa shape index (κ3) is 4.41. The third-order valence-electron chi connectivity index (χ3n) is 4.97. The highest BCUT2D eigenvalue weighted by Crippen LogP contribution is 2.41. The van der Waals surface area contributed by atoms with Crippen LogP contribution in [0.2, 0.25) is 5.02 Å². The minimum atomic E-state index is 0.0599. The normalized spacial score (nSPS) is 14.4. The van der Waals surface area contributed by atoms with Crippen LogP contribution in [0.1, 0.15) is 29.7 Å². The molecule has 6 heteroatoms. The van der Waals surface area contributed by atoms with Crippen LogP contribution in [0.3, 0.4) is 0 Å². The number of anilines is 2. The first-order valence-electron chi connectivity index (χ1n) is 9.51. The van der Waals surface area contributed by atoms with Gasteiger partial charge >= 0.3 is 0 Å². The standard InChI is InChI=1S/C23H22ClN3OS/c1-15-6-8-18(9-7-15)16(2)26-23-22-20(10-11-25-23)29-14-21(28)27(22)13-17-4-3-5-19(24)12-17/h3-12,16H,13-14H2,1-2H3,(H,25,26). The Balaban J connectivity index is 1.66. The fraction of sp³-hybridized carbons (Fsp3) is 0.217. The zero-order chi connectivity index (χ0) is 20.4. The summed E-state index contributed by atoms with van der Waals surface area (Å²) in [6.07, 6.45) is 1.80. The largest absolute Gasteiger partial charge is 0.362 e. The second kappa shape index (κ2) is 8.47. The Bertz CT molecular complexity index is 1040. The Kier molecular flexibility index (Phi) is 5.79. The summed E-state index contributed by atoms with van der Waals surface area (Å²) in [5.41, 5.74) is 4.23. The summed E-state index contributed by atoms with van der Waals surface area (Å²) >= 11 is 7.70. The number of nitrogens with one attached hydrogen (secondary N) is 1. The van der Waals surface area contributed by atoms with Gasteiger partial charge in [-0.15, -0.1) is 11.8 Å². The van der Waals surface area contributed by atoms with Crippen molar-refractivity contribution < 1.29 is 4.79 Å². The lowest BCUT2D eigenvalue weighted by Gasteiger charge is -2.31. The molecule has 1 N–H and O–H groups in total. The van der Waals surface area contributed by atoms with Gasteiger partial charge in [-0.1, -0.05) is 53.6 Å². The second-order valence-corrected chi connectivity index (χ2v) is 8.64. The number of hydrogen-bond acceptors (Lipinski definition) is 4. The number of carbonyl (C=O) groups excluding carboxylic acids is 1. The van der Waals surface area contributed by atoms with Crippen molar-refractivity contribution in [2.24, 2.45) is 0 Å². The Labute approximate surface area is 180 Å². The molecule has 1 aliphatic heterocycles. The monoisotopic (exact) mass is 423 g/mol. The van der Waals surface area contributed by atoms with Crippen LogP contribution in [0.25, 0.3) is 0 Å². The van der Waals surface area contributed by atoms with E-state index in [2.05, 4.69) is 48.4 Å². The smallest absolute Gasteiger partial charge is 0.237 e. The second-order valence-electron chi connectivity index (χ2n) is 7.18. The number of thioether (sulfide) groups is 1. The number of amides is 1. The van der Waals surface area contributed by atoms with Crippen molar-refractivity contribution in [1.29, 1.82) is 0 Å². The molecule has 0 bridgehead atoms. The van der Waals surface area contributed by atoms with E-state index < -0.39 is 0 Å². The van der Waals surface area contributed by atoms with Gasteiger partial charge in [-0.05, 0) is 43.2 Å². The van der Waals surface area contributed by atoms with E-state index in [1.54, 1.807) is 18.0 Å². The van der Waals surface area contributed by atoms with E-state index in [0.29, 0.717) is 17.3 Å². The van der Waals surface area contributed by atoms with Gasteiger partial charge in [-0.3, -0.25) is 4.79 Å². The molecule has 1 unspecified atom stereocenters. The molecule has 4 nitrogen and oxygen atoms in total. The molecule has 2 heterocycles. The van der Waals surface area contributed by atoms with E-state index in [1.165, 1.54) is 11.1 Å². The lowest BCUT2D eigenvalue weighted by atomic mass is 10.1. The molecule has 3 aromatic rings. The van der Waals surface area contributed by atoms with Crippen LogP contribution in [0.15, 0.2) is 65.7 Å². The first-order chi connectivity index (χ1) is 14.0. The SMILES string of the molecule is Cc1ccc(C(C)Nc2nccc3c2N(Cc2cccc(Cl)c2)C(=O)CS3)cc1. The Morgan fingerprint density at radius 1 is 1.21 bits per heavy atom. The van der Waals surface area contributed by atoms with Gasteiger partial charge in [0.15, 0.2) is 5.82 Å². The summed E-state index contributed by atoms with van der Waals surface area (Å²) in [6.45, 7) is 4.64. The average molecular weight is 424 g/mol. The maximum Gasteiger partial charge on any atom is 0.237 e. The third-order valence-corrected chi connectivity index (χ3v) is 6.24. The number of benzene rings is 2. The van der Waals surface area contributed by atoms with Crippen LogP contribution in [-0.4, -0.2) is 16.6 Å². The number of aryl methyl sites for hydroxylation is 1. The van der Waals surface area contributed by atoms with Gasteiger partial charge in [0.25, 0.3) is 0 Å². The predicted octanol–water partition coefficient (Wildman–Crippen LogP) is 5.86. The zero-order valence-electron chi connectivity index (χ0n) is 16.4. The van der Waals surface area contributed by atoms with Gasteiger partial charge < -0.3 is 10.2 Å². The van der Waals surface area contributed by atoms with E-state index in [4.69, 9.17) is 11.6 Å². The van der Waals surface area contributed by atoms with Gasteiger partial charge in [0, 0.05) is 16.1 Å². The van der Waals surface area contributed by atoms with Gasteiger partial charge in [0.05, 0.1) is 18.3 Å². The molecule has 29 heavy (non-hydrogen) atoms. The van der Waals surface area contributed by atoms with Crippen LogP contribution in [-0.2, 0) is 11.3 Å². The average Bonchev–Trinajstić information content (AvgIpc) is 2.71. The maximum atomic E-state index is 12.8. The van der Waals surface area contributed by atoms with E-state index in [0.717, 1.165) is 22.0 Å². The van der Waals surface area contributed by atoms with E-state index >= 15 is 0 Å². The summed E-state index contributed by atoms with van der Waals surface area (Å²) < 4.78 is 0. The zero-order valence-corrected chi connectivity index (χ0v) is 17.9. The number of rotatable bonds is 5. The van der Waals surface area contributed by atoms with Crippen molar-refractivity contribution in [3.05, 3.63) is 82.5 Å². The number of pyridine rings is 1. The Morgan fingerprint density at radius 2 is 2.00 bits per heavy atom. The molecule has 0 radical (unpaired) electrons. The quantitative estimate of drug-likeness (QED) is 0.558. The first-order valence-corrected chi connectivity index (χ1v) is 10.9. The Morgan fingerprint density at radius 3 is 2.76 bits per heavy atom. The van der Waals surface area contributed by atoms with Gasteiger partial charge in [-0.2, -0.15) is 0 Å². The van der Waals surface area contributed by atoms with E-state index in [1.807, 2.05) is 35.2 Å². The molecule has 1 atom stereocenters. The number of aromatic nitrogens is 1. The van der Waals surface area contributed by atoms with Crippen LogP contribution < -0.4 is 10.2 Å². The lowest BCUT2D eigenvalue weighted by Crippen LogP contribution is -2.35. The van der Waals surface area contributed by atoms with Crippen molar-refractivity contribution in [1.82, 2.24) is 4.98 Å². The van der Waals surface area contributed by atoms with Crippen molar-refractivity contribution in [3.8, 4) is 0 Å². The molecule has 4 rings (SSSR count). The van der Waals surface area contributed by atoms with Crippen LogP contribution in [0.4, 0.5) is 11.5 Å². The van der Waals surface area contributed by atoms with Gasteiger partial charge in [0.1, 0.15) is 5.69 Å². The molecule has 0 saturated heterocycles. The number of nitrogens with zero attached hydrogens (tertiary/aromatic N) is 2. The van der Waals surface area contributed by atoms with E-state index in [9.17, 15) is 4.79 Å². The van der Waals surface area contributed by atoms with Crippen LogP contribution >= 0.6 is 23.4 Å². The Hall–Kier alpha value is -2.50. The molecule has 1 aromatic heterocycles. The topological polar surface area (TPSA) is 45.2 Å². The van der Waals surface area contributed by atoms with Crippen molar-refractivity contribution in [3.63, 3.8) is 0 Å². The first kappa shape index (κ1) is 19.8. The molecule has 1 aliphatic rings. The fourth-order valence-electron chi connectivity index (χ4n) is 3.39. The summed E-state index contributed by atoms with van der Waals surface area (Å²) in [4.78, 5) is 20.3. The number of fused-ring (bicyclic) bond motifs is 1. The highest BCUT2D eigenvalue weighted by Gasteiger charge is 2.29. The van der Waals surface area contributed by atoms with Crippen molar-refractivity contribution in [2.75, 3.05) is 16.0 Å². The molecular weight excluding hydrogens is 402 g/mol. The van der Waals surface area contributed by atoms with Gasteiger partial charge in [0.2, 0.25) is 5.91 Å². The maximum absolute atomic E-state index is 12.8. The highest BCUT2D eigenvalue weighted by atomic mass is 35.5. The number of halogens is 1. The molecule has 2 aromatic carbocycles. The van der Waals surface area contributed by atoms with E-state index in [-0.39, 0.29) is 11.9 Å². The number of hydrogen-bond donors (Lipinski definition) is 1. The highest BCUT2D eigenvalue weighted by molar-refractivity contribution is 8.00. The van der Waals surface area contributed by atoms with Crippen molar-refractivity contribution >= 4 is 40.8 Å². The van der Waals surface area contributed by atoms with Crippen LogP contribution in [0, 0.1) is 6.92 Å². The summed E-state index contributed by atoms with van der Waals surface area (Å²) in [6, 6.07) is 18.1. The predicted molar refractivity (Wildman–Crippen MR) is 121 cm³/mol. The molecule has 0 aliphatic carbocycles. The summed E-state index contributed by atoms with van der Waals surface area (Å²) in [7, 11) is 0. The minimum Gasteiger partial charge on any atom is -0.362 e. The summed E-state index contributed by atoms with van der Waals surface area (Å²) in [5.74, 6) is 1.21. The fourth-order valence-corrected chi connectivity index (χ4v) is 4.54. The molecule has 0 fully saturated rings.